The monoisotopic (exact) mass is 418 g/mol. The maximum atomic E-state index is 12.3. The van der Waals surface area contributed by atoms with E-state index in [2.05, 4.69) is 0 Å². The molecule has 0 atom stereocenters. The highest BCUT2D eigenvalue weighted by Gasteiger charge is 2.12. The molecule has 0 spiro atoms. The smallest absolute Gasteiger partial charge is 0.200 e. The molecule has 0 saturated carbocycles. The third-order valence-corrected chi connectivity index (χ3v) is 5.81. The fourth-order valence-corrected chi connectivity index (χ4v) is 4.16. The van der Waals surface area contributed by atoms with Gasteiger partial charge < -0.3 is 0 Å². The highest BCUT2D eigenvalue weighted by atomic mass is 127. The van der Waals surface area contributed by atoms with E-state index in [1.165, 1.54) is 17.5 Å². The van der Waals surface area contributed by atoms with Crippen LogP contribution in [0.5, 0.6) is 0 Å². The number of aryl methyl sites for hydroxylation is 1. The zero-order valence-electron chi connectivity index (χ0n) is 10.7. The average Bonchev–Trinajstić information content (AvgIpc) is 2.39. The maximum Gasteiger partial charge on any atom is 0.200 e. The molecule has 0 heterocycles. The van der Waals surface area contributed by atoms with E-state index in [1.807, 2.05) is 53.8 Å². The van der Waals surface area contributed by atoms with Crippen molar-refractivity contribution in [3.8, 4) is 0 Å². The van der Waals surface area contributed by atoms with Gasteiger partial charge in [-0.1, -0.05) is 41.4 Å². The van der Waals surface area contributed by atoms with Crippen molar-refractivity contribution in [3.63, 3.8) is 0 Å². The normalized spacial score (nSPS) is 12.4. The molecule has 2 aromatic carbocycles. The SMILES string of the molecule is Cc1ccc(/C(I)=C\S(=O)(=O)c2ccc(Cl)cc2)cc1. The predicted octanol–water partition coefficient (Wildman–Crippen LogP) is 4.86. The molecule has 20 heavy (non-hydrogen) atoms. The number of rotatable bonds is 3. The molecule has 0 N–H and O–H groups in total. The van der Waals surface area contributed by atoms with Crippen LogP contribution in [0.4, 0.5) is 0 Å². The Hall–Kier alpha value is -0.850. The van der Waals surface area contributed by atoms with Gasteiger partial charge in [-0.05, 0) is 59.3 Å². The molecule has 2 aromatic rings. The van der Waals surface area contributed by atoms with Crippen molar-refractivity contribution in [2.75, 3.05) is 0 Å². The summed E-state index contributed by atoms with van der Waals surface area (Å²) in [5.74, 6) is 0. The number of hydrogen-bond donors (Lipinski definition) is 0. The first kappa shape index (κ1) is 15.5. The number of sulfone groups is 1. The highest BCUT2D eigenvalue weighted by molar-refractivity contribution is 14.1. The Morgan fingerprint density at radius 1 is 1.05 bits per heavy atom. The van der Waals surface area contributed by atoms with Gasteiger partial charge in [0.1, 0.15) is 0 Å². The molecule has 2 rings (SSSR count). The fraction of sp³-hybridized carbons (Fsp3) is 0.0667. The molecular formula is C15H12ClIO2S. The van der Waals surface area contributed by atoms with Gasteiger partial charge in [-0.2, -0.15) is 0 Å². The molecule has 0 fully saturated rings. The Bertz CT molecular complexity index is 732. The predicted molar refractivity (Wildman–Crippen MR) is 91.8 cm³/mol. The van der Waals surface area contributed by atoms with Gasteiger partial charge in [-0.25, -0.2) is 8.42 Å². The quantitative estimate of drug-likeness (QED) is 0.667. The van der Waals surface area contributed by atoms with Crippen LogP contribution in [0.1, 0.15) is 11.1 Å². The van der Waals surface area contributed by atoms with Gasteiger partial charge in [0.25, 0.3) is 0 Å². The molecule has 2 nitrogen and oxygen atoms in total. The third kappa shape index (κ3) is 3.84. The molecule has 0 aliphatic heterocycles. The molecule has 0 aliphatic carbocycles. The minimum absolute atomic E-state index is 0.239. The Balaban J connectivity index is 2.37. The number of hydrogen-bond acceptors (Lipinski definition) is 2. The lowest BCUT2D eigenvalue weighted by Gasteiger charge is -2.03. The first-order valence-electron chi connectivity index (χ1n) is 5.83. The van der Waals surface area contributed by atoms with Gasteiger partial charge in [-0.3, -0.25) is 0 Å². The molecule has 0 radical (unpaired) electrons. The Morgan fingerprint density at radius 3 is 2.15 bits per heavy atom. The molecule has 0 bridgehead atoms. The van der Waals surface area contributed by atoms with Crippen molar-refractivity contribution >= 4 is 47.6 Å². The van der Waals surface area contributed by atoms with Crippen molar-refractivity contribution in [2.45, 2.75) is 11.8 Å². The van der Waals surface area contributed by atoms with E-state index >= 15 is 0 Å². The van der Waals surface area contributed by atoms with Crippen LogP contribution in [0.15, 0.2) is 58.8 Å². The van der Waals surface area contributed by atoms with Crippen molar-refractivity contribution in [1.82, 2.24) is 0 Å². The highest BCUT2D eigenvalue weighted by Crippen LogP contribution is 2.26. The van der Waals surface area contributed by atoms with Crippen LogP contribution in [0.25, 0.3) is 3.58 Å². The summed E-state index contributed by atoms with van der Waals surface area (Å²) in [7, 11) is -3.46. The summed E-state index contributed by atoms with van der Waals surface area (Å²) >= 11 is 7.80. The van der Waals surface area contributed by atoms with Crippen LogP contribution in [-0.4, -0.2) is 8.42 Å². The van der Waals surface area contributed by atoms with E-state index in [4.69, 9.17) is 11.6 Å². The van der Waals surface area contributed by atoms with Crippen molar-refractivity contribution in [3.05, 3.63) is 70.1 Å². The first-order chi connectivity index (χ1) is 9.38. The lowest BCUT2D eigenvalue weighted by molar-refractivity contribution is 0.605. The summed E-state index contributed by atoms with van der Waals surface area (Å²) < 4.78 is 25.2. The number of benzene rings is 2. The minimum Gasteiger partial charge on any atom is -0.219 e. The number of halogens is 2. The van der Waals surface area contributed by atoms with Crippen LogP contribution in [0, 0.1) is 6.92 Å². The van der Waals surface area contributed by atoms with Crippen molar-refractivity contribution in [2.24, 2.45) is 0 Å². The lowest BCUT2D eigenvalue weighted by Crippen LogP contribution is -1.96. The summed E-state index contributed by atoms with van der Waals surface area (Å²) in [6.45, 7) is 1.99. The maximum absolute atomic E-state index is 12.3. The molecule has 104 valence electrons. The van der Waals surface area contributed by atoms with Gasteiger partial charge >= 0.3 is 0 Å². The van der Waals surface area contributed by atoms with E-state index in [9.17, 15) is 8.42 Å². The Kier molecular flexibility index (Phi) is 4.88. The van der Waals surface area contributed by atoms with Crippen LogP contribution < -0.4 is 0 Å². The van der Waals surface area contributed by atoms with E-state index in [-0.39, 0.29) is 4.90 Å². The second kappa shape index (κ2) is 6.28. The summed E-state index contributed by atoms with van der Waals surface area (Å²) in [4.78, 5) is 0.239. The molecule has 0 saturated heterocycles. The zero-order valence-corrected chi connectivity index (χ0v) is 14.4. The zero-order chi connectivity index (χ0) is 14.8. The van der Waals surface area contributed by atoms with Crippen LogP contribution in [0.3, 0.4) is 0 Å². The molecular weight excluding hydrogens is 407 g/mol. The van der Waals surface area contributed by atoms with Crippen molar-refractivity contribution < 1.29 is 8.42 Å². The average molecular weight is 419 g/mol. The summed E-state index contributed by atoms with van der Waals surface area (Å²) in [5, 5.41) is 1.79. The third-order valence-electron chi connectivity index (χ3n) is 2.73. The van der Waals surface area contributed by atoms with Gasteiger partial charge in [0.15, 0.2) is 0 Å². The molecule has 0 unspecified atom stereocenters. The van der Waals surface area contributed by atoms with E-state index < -0.39 is 9.84 Å². The topological polar surface area (TPSA) is 34.1 Å². The molecule has 5 heteroatoms. The van der Waals surface area contributed by atoms with Gasteiger partial charge in [0.05, 0.1) is 4.90 Å². The molecule has 0 aromatic heterocycles. The summed E-state index contributed by atoms with van der Waals surface area (Å²) in [5.41, 5.74) is 2.02. The summed E-state index contributed by atoms with van der Waals surface area (Å²) in [6.07, 6.45) is 0. The Labute approximate surface area is 137 Å². The first-order valence-corrected chi connectivity index (χ1v) is 8.84. The minimum atomic E-state index is -3.46. The second-order valence-corrected chi connectivity index (χ2v) is 7.73. The second-order valence-electron chi connectivity index (χ2n) is 4.33. The molecule has 0 amide bonds. The van der Waals surface area contributed by atoms with Gasteiger partial charge in [0.2, 0.25) is 9.84 Å². The van der Waals surface area contributed by atoms with Crippen LogP contribution in [0.2, 0.25) is 5.02 Å². The van der Waals surface area contributed by atoms with E-state index in [0.29, 0.717) is 8.60 Å². The van der Waals surface area contributed by atoms with Gasteiger partial charge in [0, 0.05) is 14.0 Å². The van der Waals surface area contributed by atoms with Crippen molar-refractivity contribution in [1.29, 1.82) is 0 Å². The van der Waals surface area contributed by atoms with Crippen LogP contribution in [-0.2, 0) is 9.84 Å². The van der Waals surface area contributed by atoms with Gasteiger partial charge in [-0.15, -0.1) is 0 Å². The standard InChI is InChI=1S/C15H12ClIO2S/c1-11-2-4-12(5-3-11)15(17)10-20(18,19)14-8-6-13(16)7-9-14/h2-10H,1H3/b15-10+. The fourth-order valence-electron chi connectivity index (χ4n) is 1.61. The summed E-state index contributed by atoms with van der Waals surface area (Å²) in [6, 6.07) is 13.9. The van der Waals surface area contributed by atoms with E-state index in [0.717, 1.165) is 11.1 Å². The lowest BCUT2D eigenvalue weighted by atomic mass is 10.1. The largest absolute Gasteiger partial charge is 0.219 e. The Morgan fingerprint density at radius 2 is 1.60 bits per heavy atom. The van der Waals surface area contributed by atoms with Crippen LogP contribution >= 0.6 is 34.2 Å². The molecule has 0 aliphatic rings. The van der Waals surface area contributed by atoms with E-state index in [1.54, 1.807) is 12.1 Å².